The van der Waals surface area contributed by atoms with Gasteiger partial charge in [-0.2, -0.15) is 0 Å². The van der Waals surface area contributed by atoms with E-state index in [0.29, 0.717) is 18.2 Å². The summed E-state index contributed by atoms with van der Waals surface area (Å²) in [6.07, 6.45) is 3.81. The van der Waals surface area contributed by atoms with Crippen molar-refractivity contribution in [2.45, 2.75) is 25.3 Å². The number of halogens is 1. The normalized spacial score (nSPS) is 29.2. The van der Waals surface area contributed by atoms with Gasteiger partial charge in [-0.1, -0.05) is 0 Å². The molecule has 3 nitrogen and oxygen atoms in total. The zero-order valence-electron chi connectivity index (χ0n) is 10.9. The van der Waals surface area contributed by atoms with Gasteiger partial charge in [-0.15, -0.1) is 0 Å². The van der Waals surface area contributed by atoms with Crippen molar-refractivity contribution in [1.82, 2.24) is 10.2 Å². The Morgan fingerprint density at radius 1 is 1.26 bits per heavy atom. The van der Waals surface area contributed by atoms with Gasteiger partial charge in [-0.25, -0.2) is 4.39 Å². The Labute approximate surface area is 112 Å². The van der Waals surface area contributed by atoms with E-state index in [4.69, 9.17) is 0 Å². The van der Waals surface area contributed by atoms with Crippen LogP contribution in [0.4, 0.5) is 4.39 Å². The Morgan fingerprint density at radius 3 is 2.53 bits per heavy atom. The minimum absolute atomic E-state index is 0.109. The Morgan fingerprint density at radius 2 is 1.95 bits per heavy atom. The van der Waals surface area contributed by atoms with E-state index in [1.807, 2.05) is 0 Å². The zero-order chi connectivity index (χ0) is 13.2. The first-order valence-corrected chi connectivity index (χ1v) is 7.00. The molecule has 0 radical (unpaired) electrons. The number of amides is 1. The largest absolute Gasteiger partial charge is 0.350 e. The average Bonchev–Trinajstić information content (AvgIpc) is 2.47. The molecule has 4 rings (SSSR count). The topological polar surface area (TPSA) is 32.3 Å². The number of rotatable bonds is 3. The fraction of sp³-hybridized carbons (Fsp3) is 0.533. The molecule has 1 N–H and O–H groups in total. The molecule has 3 heterocycles. The van der Waals surface area contributed by atoms with Gasteiger partial charge in [0.05, 0.1) is 0 Å². The van der Waals surface area contributed by atoms with Crippen LogP contribution in [0.5, 0.6) is 0 Å². The number of piperidine rings is 3. The standard InChI is InChI=1S/C15H19FN2O/c16-13-3-1-12(2-4-13)15(19)17-10-14-9-11-5-7-18(14)8-6-11/h1-4,11,14H,5-10H2,(H,17,19). The Hall–Kier alpha value is -1.42. The van der Waals surface area contributed by atoms with Crippen molar-refractivity contribution in [3.05, 3.63) is 35.6 Å². The van der Waals surface area contributed by atoms with Crippen molar-refractivity contribution in [1.29, 1.82) is 0 Å². The quantitative estimate of drug-likeness (QED) is 0.904. The number of hydrogen-bond donors (Lipinski definition) is 1. The van der Waals surface area contributed by atoms with Gasteiger partial charge < -0.3 is 5.32 Å². The molecule has 2 bridgehead atoms. The second-order valence-corrected chi connectivity index (χ2v) is 5.59. The van der Waals surface area contributed by atoms with Crippen molar-refractivity contribution < 1.29 is 9.18 Å². The molecule has 1 aromatic carbocycles. The highest BCUT2D eigenvalue weighted by atomic mass is 19.1. The average molecular weight is 262 g/mol. The molecule has 1 atom stereocenters. The summed E-state index contributed by atoms with van der Waals surface area (Å²) in [5, 5.41) is 2.97. The first-order chi connectivity index (χ1) is 9.22. The molecule has 3 fully saturated rings. The van der Waals surface area contributed by atoms with Gasteiger partial charge in [0.15, 0.2) is 0 Å². The molecule has 102 valence electrons. The van der Waals surface area contributed by atoms with Gasteiger partial charge in [0.2, 0.25) is 0 Å². The summed E-state index contributed by atoms with van der Waals surface area (Å²) in [6.45, 7) is 3.04. The number of fused-ring (bicyclic) bond motifs is 3. The van der Waals surface area contributed by atoms with Crippen LogP contribution in [0.15, 0.2) is 24.3 Å². The van der Waals surface area contributed by atoms with Crippen molar-refractivity contribution in [2.24, 2.45) is 5.92 Å². The predicted octanol–water partition coefficient (Wildman–Crippen LogP) is 2.04. The molecule has 3 saturated heterocycles. The van der Waals surface area contributed by atoms with E-state index < -0.39 is 0 Å². The number of hydrogen-bond acceptors (Lipinski definition) is 2. The van der Waals surface area contributed by atoms with E-state index in [1.165, 1.54) is 56.6 Å². The van der Waals surface area contributed by atoms with Crippen LogP contribution in [-0.2, 0) is 0 Å². The number of nitrogens with zero attached hydrogens (tertiary/aromatic N) is 1. The third-order valence-electron chi connectivity index (χ3n) is 4.38. The second kappa shape index (κ2) is 5.29. The van der Waals surface area contributed by atoms with Crippen LogP contribution in [0.3, 0.4) is 0 Å². The lowest BCUT2D eigenvalue weighted by atomic mass is 9.83. The molecule has 1 amide bonds. The number of carbonyl (C=O) groups is 1. The lowest BCUT2D eigenvalue weighted by molar-refractivity contribution is 0.0482. The molecule has 19 heavy (non-hydrogen) atoms. The molecular formula is C15H19FN2O. The molecule has 0 saturated carbocycles. The van der Waals surface area contributed by atoms with Crippen LogP contribution < -0.4 is 5.32 Å². The summed E-state index contributed by atoms with van der Waals surface area (Å²) in [4.78, 5) is 14.4. The smallest absolute Gasteiger partial charge is 0.251 e. The van der Waals surface area contributed by atoms with Crippen LogP contribution in [0.25, 0.3) is 0 Å². The molecular weight excluding hydrogens is 243 g/mol. The van der Waals surface area contributed by atoms with Gasteiger partial charge in [0.1, 0.15) is 5.82 Å². The maximum absolute atomic E-state index is 12.8. The molecule has 4 heteroatoms. The van der Waals surface area contributed by atoms with Crippen LogP contribution in [0, 0.1) is 11.7 Å². The first kappa shape index (κ1) is 12.6. The minimum atomic E-state index is -0.313. The van der Waals surface area contributed by atoms with Crippen molar-refractivity contribution in [3.63, 3.8) is 0 Å². The molecule has 0 aromatic heterocycles. The zero-order valence-corrected chi connectivity index (χ0v) is 10.9. The Kier molecular flexibility index (Phi) is 3.51. The highest BCUT2D eigenvalue weighted by molar-refractivity contribution is 5.94. The van der Waals surface area contributed by atoms with Crippen molar-refractivity contribution >= 4 is 5.91 Å². The monoisotopic (exact) mass is 262 g/mol. The van der Waals surface area contributed by atoms with E-state index in [2.05, 4.69) is 10.2 Å². The minimum Gasteiger partial charge on any atom is -0.350 e. The first-order valence-electron chi connectivity index (χ1n) is 7.00. The summed E-state index contributed by atoms with van der Waals surface area (Å²) in [7, 11) is 0. The van der Waals surface area contributed by atoms with Gasteiger partial charge in [-0.3, -0.25) is 9.69 Å². The van der Waals surface area contributed by atoms with Crippen molar-refractivity contribution in [3.8, 4) is 0 Å². The molecule has 0 aliphatic carbocycles. The molecule has 1 unspecified atom stereocenters. The molecule has 3 aliphatic rings. The molecule has 0 spiro atoms. The second-order valence-electron chi connectivity index (χ2n) is 5.59. The number of benzene rings is 1. The maximum atomic E-state index is 12.8. The highest BCUT2D eigenvalue weighted by Crippen LogP contribution is 2.31. The van der Waals surface area contributed by atoms with Crippen LogP contribution >= 0.6 is 0 Å². The SMILES string of the molecule is O=C(NCC1CC2CCN1CC2)c1ccc(F)cc1. The Balaban J connectivity index is 1.54. The number of nitrogens with one attached hydrogen (secondary N) is 1. The summed E-state index contributed by atoms with van der Waals surface area (Å²) in [5.74, 6) is 0.424. The van der Waals surface area contributed by atoms with Gasteiger partial charge >= 0.3 is 0 Å². The van der Waals surface area contributed by atoms with Crippen molar-refractivity contribution in [2.75, 3.05) is 19.6 Å². The lowest BCUT2D eigenvalue weighted by Crippen LogP contribution is -2.53. The Bertz CT molecular complexity index is 452. The van der Waals surface area contributed by atoms with Gasteiger partial charge in [0.25, 0.3) is 5.91 Å². The van der Waals surface area contributed by atoms with E-state index in [9.17, 15) is 9.18 Å². The third kappa shape index (κ3) is 2.78. The van der Waals surface area contributed by atoms with E-state index in [0.717, 1.165) is 5.92 Å². The lowest BCUT2D eigenvalue weighted by Gasteiger charge is -2.45. The van der Waals surface area contributed by atoms with Gasteiger partial charge in [0, 0.05) is 18.2 Å². The van der Waals surface area contributed by atoms with Crippen LogP contribution in [0.1, 0.15) is 29.6 Å². The van der Waals surface area contributed by atoms with E-state index in [1.54, 1.807) is 0 Å². The van der Waals surface area contributed by atoms with Crippen LogP contribution in [-0.4, -0.2) is 36.5 Å². The predicted molar refractivity (Wildman–Crippen MR) is 71.4 cm³/mol. The van der Waals surface area contributed by atoms with E-state index in [-0.39, 0.29) is 11.7 Å². The van der Waals surface area contributed by atoms with Crippen LogP contribution in [0.2, 0.25) is 0 Å². The number of carbonyl (C=O) groups excluding carboxylic acids is 1. The fourth-order valence-corrected chi connectivity index (χ4v) is 3.21. The van der Waals surface area contributed by atoms with E-state index >= 15 is 0 Å². The highest BCUT2D eigenvalue weighted by Gasteiger charge is 2.33. The summed E-state index contributed by atoms with van der Waals surface area (Å²) in [6, 6.07) is 6.18. The fourth-order valence-electron chi connectivity index (χ4n) is 3.21. The molecule has 3 aliphatic heterocycles. The summed E-state index contributed by atoms with van der Waals surface area (Å²) < 4.78 is 12.8. The molecule has 1 aromatic rings. The van der Waals surface area contributed by atoms with Gasteiger partial charge in [-0.05, 0) is 62.5 Å². The maximum Gasteiger partial charge on any atom is 0.251 e. The summed E-state index contributed by atoms with van der Waals surface area (Å²) in [5.41, 5.74) is 0.525. The third-order valence-corrected chi connectivity index (χ3v) is 4.38. The summed E-state index contributed by atoms with van der Waals surface area (Å²) >= 11 is 0.